The van der Waals surface area contributed by atoms with Crippen molar-refractivity contribution < 1.29 is 50.4 Å². The van der Waals surface area contributed by atoms with Crippen molar-refractivity contribution in [2.24, 2.45) is 0 Å². The minimum absolute atomic E-state index is 0.0315. The SMILES string of the molecule is CCCOCCOCCOCCOC(COC)COc1c(F)c(F)c(F)c(F)c1F. The summed E-state index contributed by atoms with van der Waals surface area (Å²) in [6, 6.07) is 0. The van der Waals surface area contributed by atoms with Crippen LogP contribution in [0, 0.1) is 29.1 Å². The zero-order valence-electron chi connectivity index (χ0n) is 17.0. The maximum Gasteiger partial charge on any atom is 0.206 e. The van der Waals surface area contributed by atoms with Crippen LogP contribution in [0.1, 0.15) is 13.3 Å². The molecule has 1 aromatic carbocycles. The highest BCUT2D eigenvalue weighted by molar-refractivity contribution is 5.29. The smallest absolute Gasteiger partial charge is 0.206 e. The van der Waals surface area contributed by atoms with Crippen molar-refractivity contribution >= 4 is 0 Å². The predicted molar refractivity (Wildman–Crippen MR) is 96.1 cm³/mol. The van der Waals surface area contributed by atoms with E-state index in [0.29, 0.717) is 33.0 Å². The van der Waals surface area contributed by atoms with Crippen LogP contribution in [-0.4, -0.2) is 72.7 Å². The second kappa shape index (κ2) is 15.3. The van der Waals surface area contributed by atoms with E-state index in [4.69, 9.17) is 28.4 Å². The highest BCUT2D eigenvalue weighted by Crippen LogP contribution is 2.29. The molecule has 0 aliphatic rings. The van der Waals surface area contributed by atoms with Crippen molar-refractivity contribution in [3.8, 4) is 5.75 Å². The van der Waals surface area contributed by atoms with Crippen LogP contribution in [-0.2, 0) is 23.7 Å². The first-order valence-corrected chi connectivity index (χ1v) is 9.41. The second-order valence-corrected chi connectivity index (χ2v) is 6.00. The van der Waals surface area contributed by atoms with E-state index >= 15 is 0 Å². The minimum Gasteiger partial charge on any atom is -0.485 e. The van der Waals surface area contributed by atoms with Gasteiger partial charge in [0.05, 0.1) is 46.2 Å². The van der Waals surface area contributed by atoms with Gasteiger partial charge in [-0.15, -0.1) is 0 Å². The normalized spacial score (nSPS) is 12.4. The number of hydrogen-bond acceptors (Lipinski definition) is 6. The molecule has 0 aliphatic heterocycles. The number of ether oxygens (including phenoxy) is 6. The van der Waals surface area contributed by atoms with Crippen LogP contribution in [0.5, 0.6) is 5.75 Å². The largest absolute Gasteiger partial charge is 0.485 e. The van der Waals surface area contributed by atoms with Crippen molar-refractivity contribution in [1.82, 2.24) is 0 Å². The van der Waals surface area contributed by atoms with Gasteiger partial charge in [-0.2, -0.15) is 8.78 Å². The van der Waals surface area contributed by atoms with Crippen LogP contribution in [0.4, 0.5) is 22.0 Å². The summed E-state index contributed by atoms with van der Waals surface area (Å²) in [5.74, 6) is -11.9. The number of benzene rings is 1. The fourth-order valence-corrected chi connectivity index (χ4v) is 2.18. The average Bonchev–Trinajstić information content (AvgIpc) is 2.74. The molecule has 0 spiro atoms. The summed E-state index contributed by atoms with van der Waals surface area (Å²) in [6.07, 6.45) is 0.125. The lowest BCUT2D eigenvalue weighted by Gasteiger charge is -2.18. The Balaban J connectivity index is 2.31. The van der Waals surface area contributed by atoms with Crippen LogP contribution in [0.2, 0.25) is 0 Å². The first-order chi connectivity index (χ1) is 14.4. The van der Waals surface area contributed by atoms with Crippen LogP contribution in [0.25, 0.3) is 0 Å². The maximum absolute atomic E-state index is 13.6. The lowest BCUT2D eigenvalue weighted by Crippen LogP contribution is -2.29. The molecule has 174 valence electrons. The number of rotatable bonds is 17. The Kier molecular flexibility index (Phi) is 13.5. The Bertz CT molecular complexity index is 591. The molecule has 0 heterocycles. The zero-order chi connectivity index (χ0) is 22.4. The van der Waals surface area contributed by atoms with Gasteiger partial charge in [0, 0.05) is 13.7 Å². The van der Waals surface area contributed by atoms with Crippen molar-refractivity contribution in [2.75, 3.05) is 66.6 Å². The third-order valence-corrected chi connectivity index (χ3v) is 3.61. The fraction of sp³-hybridized carbons (Fsp3) is 0.684. The molecule has 0 N–H and O–H groups in total. The summed E-state index contributed by atoms with van der Waals surface area (Å²) in [5.41, 5.74) is 0. The molecule has 0 aromatic heterocycles. The maximum atomic E-state index is 13.6. The molecule has 0 fully saturated rings. The molecule has 6 nitrogen and oxygen atoms in total. The summed E-state index contributed by atoms with van der Waals surface area (Å²) >= 11 is 0. The molecule has 1 aromatic rings. The standard InChI is InChI=1S/C19H27F5O6/c1-3-4-26-5-6-27-7-8-28-9-10-29-13(11-25-2)12-30-19-17(23)15(21)14(20)16(22)18(19)24/h13H,3-12H2,1-2H3. The minimum atomic E-state index is -2.25. The molecule has 1 atom stereocenters. The molecule has 1 unspecified atom stereocenters. The van der Waals surface area contributed by atoms with Gasteiger partial charge in [-0.25, -0.2) is 13.2 Å². The number of methoxy groups -OCH3 is 1. The average molecular weight is 446 g/mol. The van der Waals surface area contributed by atoms with Gasteiger partial charge in [-0.1, -0.05) is 6.92 Å². The van der Waals surface area contributed by atoms with E-state index in [0.717, 1.165) is 6.42 Å². The Hall–Kier alpha value is -1.53. The molecule has 0 aliphatic carbocycles. The lowest BCUT2D eigenvalue weighted by atomic mass is 10.2. The number of hydrogen-bond donors (Lipinski definition) is 0. The highest BCUT2D eigenvalue weighted by Gasteiger charge is 2.27. The van der Waals surface area contributed by atoms with Gasteiger partial charge in [0.15, 0.2) is 5.75 Å². The van der Waals surface area contributed by atoms with Gasteiger partial charge in [-0.05, 0) is 6.42 Å². The van der Waals surface area contributed by atoms with Gasteiger partial charge in [0.25, 0.3) is 0 Å². The van der Waals surface area contributed by atoms with Gasteiger partial charge in [-0.3, -0.25) is 0 Å². The van der Waals surface area contributed by atoms with Crippen molar-refractivity contribution in [1.29, 1.82) is 0 Å². The van der Waals surface area contributed by atoms with Crippen molar-refractivity contribution in [3.05, 3.63) is 29.1 Å². The molecule has 0 saturated carbocycles. The van der Waals surface area contributed by atoms with E-state index in [-0.39, 0.29) is 19.8 Å². The van der Waals surface area contributed by atoms with Crippen LogP contribution < -0.4 is 4.74 Å². The van der Waals surface area contributed by atoms with Gasteiger partial charge in [0.2, 0.25) is 29.1 Å². The highest BCUT2D eigenvalue weighted by atomic mass is 19.2. The van der Waals surface area contributed by atoms with Gasteiger partial charge < -0.3 is 28.4 Å². The molecule has 0 radical (unpaired) electrons. The van der Waals surface area contributed by atoms with E-state index in [9.17, 15) is 22.0 Å². The Morgan fingerprint density at radius 3 is 1.60 bits per heavy atom. The van der Waals surface area contributed by atoms with Crippen LogP contribution >= 0.6 is 0 Å². The first-order valence-electron chi connectivity index (χ1n) is 9.41. The summed E-state index contributed by atoms with van der Waals surface area (Å²) in [7, 11) is 1.35. The van der Waals surface area contributed by atoms with E-state index in [1.54, 1.807) is 0 Å². The first kappa shape index (κ1) is 26.5. The zero-order valence-corrected chi connectivity index (χ0v) is 17.0. The van der Waals surface area contributed by atoms with Crippen LogP contribution in [0.3, 0.4) is 0 Å². The van der Waals surface area contributed by atoms with E-state index < -0.39 is 47.5 Å². The molecule has 1 rings (SSSR count). The summed E-state index contributed by atoms with van der Waals surface area (Å²) in [4.78, 5) is 0. The molecule has 0 saturated heterocycles. The predicted octanol–water partition coefficient (Wildman–Crippen LogP) is 3.25. The Morgan fingerprint density at radius 2 is 1.10 bits per heavy atom. The fourth-order valence-electron chi connectivity index (χ4n) is 2.18. The summed E-state index contributed by atoms with van der Waals surface area (Å²) in [5, 5.41) is 0. The quantitative estimate of drug-likeness (QED) is 0.159. The number of halogens is 5. The molecular weight excluding hydrogens is 419 g/mol. The Labute approximate surface area is 172 Å². The van der Waals surface area contributed by atoms with Crippen LogP contribution in [0.15, 0.2) is 0 Å². The van der Waals surface area contributed by atoms with E-state index in [1.807, 2.05) is 6.92 Å². The molecule has 11 heteroatoms. The third-order valence-electron chi connectivity index (χ3n) is 3.61. The van der Waals surface area contributed by atoms with E-state index in [1.165, 1.54) is 7.11 Å². The molecule has 0 bridgehead atoms. The molecule has 0 amide bonds. The van der Waals surface area contributed by atoms with E-state index in [2.05, 4.69) is 0 Å². The topological polar surface area (TPSA) is 55.4 Å². The second-order valence-electron chi connectivity index (χ2n) is 6.00. The Morgan fingerprint density at radius 1 is 0.633 bits per heavy atom. The van der Waals surface area contributed by atoms with Gasteiger partial charge >= 0.3 is 0 Å². The third kappa shape index (κ3) is 9.09. The molecule has 30 heavy (non-hydrogen) atoms. The molecular formula is C19H27F5O6. The monoisotopic (exact) mass is 446 g/mol. The van der Waals surface area contributed by atoms with Crippen molar-refractivity contribution in [2.45, 2.75) is 19.4 Å². The van der Waals surface area contributed by atoms with Crippen molar-refractivity contribution in [3.63, 3.8) is 0 Å². The summed E-state index contributed by atoms with van der Waals surface area (Å²) < 4.78 is 97.6. The lowest BCUT2D eigenvalue weighted by molar-refractivity contribution is -0.0534. The summed E-state index contributed by atoms with van der Waals surface area (Å²) in [6.45, 7) is 4.14. The van der Waals surface area contributed by atoms with Gasteiger partial charge in [0.1, 0.15) is 12.7 Å².